The Morgan fingerprint density at radius 2 is 2.00 bits per heavy atom. The maximum Gasteiger partial charge on any atom is 0.0647 e. The molecule has 0 spiro atoms. The molecule has 0 aliphatic heterocycles. The van der Waals surface area contributed by atoms with Crippen molar-refractivity contribution in [3.63, 3.8) is 0 Å². The smallest absolute Gasteiger partial charge is 0.0647 e. The van der Waals surface area contributed by atoms with E-state index in [2.05, 4.69) is 60.7 Å². The van der Waals surface area contributed by atoms with Gasteiger partial charge in [0.25, 0.3) is 0 Å². The van der Waals surface area contributed by atoms with Gasteiger partial charge < -0.3 is 5.32 Å². The molecule has 0 bridgehead atoms. The van der Waals surface area contributed by atoms with E-state index in [1.165, 1.54) is 9.75 Å². The molecule has 0 saturated heterocycles. The lowest BCUT2D eigenvalue weighted by atomic mass is 10.2. The van der Waals surface area contributed by atoms with Gasteiger partial charge in [-0.15, -0.1) is 11.3 Å². The van der Waals surface area contributed by atoms with E-state index in [1.54, 1.807) is 6.20 Å². The van der Waals surface area contributed by atoms with E-state index in [0.717, 1.165) is 17.8 Å². The summed E-state index contributed by atoms with van der Waals surface area (Å²) in [7, 11) is 0. The van der Waals surface area contributed by atoms with Gasteiger partial charge in [-0.05, 0) is 55.8 Å². The first-order valence-corrected chi connectivity index (χ1v) is 8.03. The van der Waals surface area contributed by atoms with Gasteiger partial charge in [0.2, 0.25) is 0 Å². The van der Waals surface area contributed by atoms with Gasteiger partial charge in [-0.1, -0.05) is 6.92 Å². The number of thiophene rings is 1. The summed E-state index contributed by atoms with van der Waals surface area (Å²) in [4.78, 5) is 2.82. The van der Waals surface area contributed by atoms with Gasteiger partial charge in [0.05, 0.1) is 11.7 Å². The fourth-order valence-electron chi connectivity index (χ4n) is 2.27. The number of rotatable bonds is 5. The second kappa shape index (κ2) is 6.14. The van der Waals surface area contributed by atoms with Crippen LogP contribution in [0.4, 0.5) is 5.69 Å². The van der Waals surface area contributed by atoms with Gasteiger partial charge in [-0.3, -0.25) is 0 Å². The van der Waals surface area contributed by atoms with Gasteiger partial charge in [0, 0.05) is 27.8 Å². The zero-order valence-corrected chi connectivity index (χ0v) is 13.1. The van der Waals surface area contributed by atoms with E-state index in [9.17, 15) is 0 Å². The van der Waals surface area contributed by atoms with Crippen molar-refractivity contribution in [1.82, 2.24) is 9.78 Å². The molecule has 1 atom stereocenters. The highest BCUT2D eigenvalue weighted by Gasteiger charge is 2.08. The molecule has 2 heterocycles. The van der Waals surface area contributed by atoms with E-state index in [1.807, 2.05) is 28.3 Å². The topological polar surface area (TPSA) is 29.9 Å². The van der Waals surface area contributed by atoms with Crippen LogP contribution in [0.5, 0.6) is 0 Å². The molecule has 21 heavy (non-hydrogen) atoms. The van der Waals surface area contributed by atoms with Crippen LogP contribution >= 0.6 is 11.3 Å². The van der Waals surface area contributed by atoms with Crippen LogP contribution in [-0.4, -0.2) is 9.78 Å². The predicted molar refractivity (Wildman–Crippen MR) is 89.3 cm³/mol. The number of aromatic nitrogens is 2. The van der Waals surface area contributed by atoms with Crippen LogP contribution in [0.2, 0.25) is 0 Å². The van der Waals surface area contributed by atoms with Crippen LogP contribution < -0.4 is 5.32 Å². The summed E-state index contributed by atoms with van der Waals surface area (Å²) in [5.74, 6) is 0. The Morgan fingerprint density at radius 1 is 1.19 bits per heavy atom. The molecule has 0 fully saturated rings. The lowest BCUT2D eigenvalue weighted by molar-refractivity contribution is 0.878. The zero-order valence-electron chi connectivity index (χ0n) is 12.3. The molecule has 0 aliphatic rings. The molecule has 1 N–H and O–H groups in total. The van der Waals surface area contributed by atoms with Crippen molar-refractivity contribution in [2.45, 2.75) is 26.3 Å². The van der Waals surface area contributed by atoms with Crippen LogP contribution in [0.1, 0.15) is 29.6 Å². The number of benzene rings is 1. The second-order valence-corrected chi connectivity index (χ2v) is 6.22. The summed E-state index contributed by atoms with van der Waals surface area (Å²) in [5.41, 5.74) is 2.20. The summed E-state index contributed by atoms with van der Waals surface area (Å²) < 4.78 is 1.86. The fraction of sp³-hybridized carbons (Fsp3) is 0.235. The first kappa shape index (κ1) is 13.9. The number of hydrogen-bond donors (Lipinski definition) is 1. The Kier molecular flexibility index (Phi) is 4.06. The number of anilines is 1. The molecule has 2 aromatic heterocycles. The first-order chi connectivity index (χ1) is 10.3. The van der Waals surface area contributed by atoms with E-state index < -0.39 is 0 Å². The molecular formula is C17H19N3S. The largest absolute Gasteiger partial charge is 0.378 e. The molecule has 1 unspecified atom stereocenters. The Balaban J connectivity index is 1.70. The van der Waals surface area contributed by atoms with E-state index >= 15 is 0 Å². The summed E-state index contributed by atoms with van der Waals surface area (Å²) in [6, 6.07) is 15.0. The van der Waals surface area contributed by atoms with E-state index in [-0.39, 0.29) is 0 Å². The number of hydrogen-bond acceptors (Lipinski definition) is 3. The Hall–Kier alpha value is -2.07. The van der Waals surface area contributed by atoms with Gasteiger partial charge in [0.15, 0.2) is 0 Å². The summed E-state index contributed by atoms with van der Waals surface area (Å²) >= 11 is 1.88. The van der Waals surface area contributed by atoms with Gasteiger partial charge in [0.1, 0.15) is 0 Å². The highest BCUT2D eigenvalue weighted by Crippen LogP contribution is 2.26. The monoisotopic (exact) mass is 297 g/mol. The molecule has 3 rings (SSSR count). The van der Waals surface area contributed by atoms with Crippen LogP contribution in [-0.2, 0) is 6.42 Å². The lowest BCUT2D eigenvalue weighted by Gasteiger charge is -2.14. The maximum atomic E-state index is 4.23. The van der Waals surface area contributed by atoms with E-state index in [0.29, 0.717) is 6.04 Å². The molecular weight excluding hydrogens is 278 g/mol. The molecule has 0 aliphatic carbocycles. The molecule has 4 heteroatoms. The summed E-state index contributed by atoms with van der Waals surface area (Å²) in [6.45, 7) is 4.40. The molecule has 1 aromatic carbocycles. The number of aryl methyl sites for hydroxylation is 1. The average molecular weight is 297 g/mol. The molecule has 0 saturated carbocycles. The van der Waals surface area contributed by atoms with Gasteiger partial charge >= 0.3 is 0 Å². The summed E-state index contributed by atoms with van der Waals surface area (Å²) in [6.07, 6.45) is 4.84. The minimum atomic E-state index is 0.325. The minimum Gasteiger partial charge on any atom is -0.378 e. The second-order valence-electron chi connectivity index (χ2n) is 5.02. The SMILES string of the molecule is CCc1ccc(C(C)Nc2ccc(-n3cccn3)cc2)s1. The molecule has 3 aromatic rings. The lowest BCUT2D eigenvalue weighted by Crippen LogP contribution is -2.05. The number of nitrogens with one attached hydrogen (secondary N) is 1. The minimum absolute atomic E-state index is 0.325. The van der Waals surface area contributed by atoms with Crippen LogP contribution in [0.3, 0.4) is 0 Å². The highest BCUT2D eigenvalue weighted by atomic mass is 32.1. The van der Waals surface area contributed by atoms with Crippen molar-refractivity contribution in [2.24, 2.45) is 0 Å². The fourth-order valence-corrected chi connectivity index (χ4v) is 3.23. The summed E-state index contributed by atoms with van der Waals surface area (Å²) in [5, 5.41) is 7.78. The Morgan fingerprint density at radius 3 is 2.62 bits per heavy atom. The molecule has 3 nitrogen and oxygen atoms in total. The van der Waals surface area contributed by atoms with Crippen LogP contribution in [0.25, 0.3) is 5.69 Å². The molecule has 108 valence electrons. The third-order valence-corrected chi connectivity index (χ3v) is 4.89. The van der Waals surface area contributed by atoms with Crippen LogP contribution in [0, 0.1) is 0 Å². The maximum absolute atomic E-state index is 4.23. The standard InChI is InChI=1S/C17H19N3S/c1-3-16-9-10-17(21-16)13(2)19-14-5-7-15(8-6-14)20-12-4-11-18-20/h4-13,19H,3H2,1-2H3. The van der Waals surface area contributed by atoms with Gasteiger partial charge in [-0.25, -0.2) is 4.68 Å². The predicted octanol–water partition coefficient (Wildman–Crippen LogP) is 4.67. The first-order valence-electron chi connectivity index (χ1n) is 7.21. The van der Waals surface area contributed by atoms with Crippen molar-refractivity contribution >= 4 is 17.0 Å². The molecule has 0 radical (unpaired) electrons. The van der Waals surface area contributed by atoms with Crippen molar-refractivity contribution in [3.05, 3.63) is 64.6 Å². The Labute approximate surface area is 129 Å². The third-order valence-electron chi connectivity index (χ3n) is 3.48. The van der Waals surface area contributed by atoms with E-state index in [4.69, 9.17) is 0 Å². The van der Waals surface area contributed by atoms with Crippen molar-refractivity contribution in [3.8, 4) is 5.69 Å². The Bertz CT molecular complexity index is 683. The molecule has 0 amide bonds. The van der Waals surface area contributed by atoms with Crippen molar-refractivity contribution in [1.29, 1.82) is 0 Å². The third kappa shape index (κ3) is 3.16. The average Bonchev–Trinajstić information content (AvgIpc) is 3.19. The number of nitrogens with zero attached hydrogens (tertiary/aromatic N) is 2. The quantitative estimate of drug-likeness (QED) is 0.741. The zero-order chi connectivity index (χ0) is 14.7. The van der Waals surface area contributed by atoms with Crippen molar-refractivity contribution < 1.29 is 0 Å². The highest BCUT2D eigenvalue weighted by molar-refractivity contribution is 7.12. The normalized spacial score (nSPS) is 12.3. The van der Waals surface area contributed by atoms with Crippen LogP contribution in [0.15, 0.2) is 54.9 Å². The van der Waals surface area contributed by atoms with Crippen molar-refractivity contribution in [2.75, 3.05) is 5.32 Å². The van der Waals surface area contributed by atoms with Gasteiger partial charge in [-0.2, -0.15) is 5.10 Å².